The SMILES string of the molecule is Cc1ccc(-c2cnc(NC(=O)c3cc(N4CCCCC4)ccc3N(C)C(=O)c3cccc(C(=O)NCCOCCO)c3)nc2)cc1C. The van der Waals surface area contributed by atoms with E-state index >= 15 is 0 Å². The van der Waals surface area contributed by atoms with Gasteiger partial charge in [-0.25, -0.2) is 9.97 Å². The van der Waals surface area contributed by atoms with Gasteiger partial charge in [-0.2, -0.15) is 0 Å². The van der Waals surface area contributed by atoms with Crippen LogP contribution in [-0.2, 0) is 4.74 Å². The maximum Gasteiger partial charge on any atom is 0.260 e. The first kappa shape index (κ1) is 34.2. The van der Waals surface area contributed by atoms with Crippen LogP contribution >= 0.6 is 0 Å². The molecule has 48 heavy (non-hydrogen) atoms. The Morgan fingerprint density at radius 2 is 1.60 bits per heavy atom. The Morgan fingerprint density at radius 3 is 2.33 bits per heavy atom. The van der Waals surface area contributed by atoms with E-state index in [1.807, 2.05) is 18.2 Å². The summed E-state index contributed by atoms with van der Waals surface area (Å²) in [4.78, 5) is 52.8. The van der Waals surface area contributed by atoms with E-state index in [2.05, 4.69) is 51.5 Å². The number of aliphatic hydroxyl groups is 1. The van der Waals surface area contributed by atoms with Gasteiger partial charge in [0.1, 0.15) is 0 Å². The molecule has 5 rings (SSSR count). The average Bonchev–Trinajstić information content (AvgIpc) is 3.12. The lowest BCUT2D eigenvalue weighted by Crippen LogP contribution is -2.32. The van der Waals surface area contributed by atoms with Gasteiger partial charge in [-0.05, 0) is 86.2 Å². The van der Waals surface area contributed by atoms with Crippen molar-refractivity contribution in [3.8, 4) is 11.1 Å². The number of rotatable bonds is 12. The van der Waals surface area contributed by atoms with Crippen LogP contribution in [0.15, 0.2) is 73.1 Å². The van der Waals surface area contributed by atoms with Crippen LogP contribution in [0.4, 0.5) is 17.3 Å². The van der Waals surface area contributed by atoms with Gasteiger partial charge in [0.2, 0.25) is 5.95 Å². The Kier molecular flexibility index (Phi) is 11.5. The summed E-state index contributed by atoms with van der Waals surface area (Å²) in [7, 11) is 1.61. The zero-order chi connectivity index (χ0) is 34.0. The number of anilines is 3. The number of aliphatic hydroxyl groups excluding tert-OH is 1. The standard InChI is InChI=1S/C37H42N6O5/c1-25-10-11-27(20-26(25)2)30-23-39-37(40-24-30)41-35(46)32-22-31(43-15-5-4-6-16-43)12-13-33(32)42(3)36(47)29-9-7-8-28(21-29)34(45)38-14-18-48-19-17-44/h7-13,20-24,44H,4-6,14-19H2,1-3H3,(H,38,45)(H,39,40,41,46). The lowest BCUT2D eigenvalue weighted by molar-refractivity contribution is 0.0838. The van der Waals surface area contributed by atoms with Crippen molar-refractivity contribution in [1.82, 2.24) is 15.3 Å². The van der Waals surface area contributed by atoms with Crippen LogP contribution < -0.4 is 20.4 Å². The highest BCUT2D eigenvalue weighted by Crippen LogP contribution is 2.30. The Morgan fingerprint density at radius 1 is 0.854 bits per heavy atom. The summed E-state index contributed by atoms with van der Waals surface area (Å²) in [6, 6.07) is 18.1. The molecule has 1 aliphatic heterocycles. The van der Waals surface area contributed by atoms with Crippen molar-refractivity contribution < 1.29 is 24.2 Å². The second-order valence-corrected chi connectivity index (χ2v) is 11.8. The Balaban J connectivity index is 1.37. The molecule has 4 aromatic rings. The normalized spacial score (nSPS) is 12.8. The quantitative estimate of drug-likeness (QED) is 0.182. The number of carbonyl (C=O) groups excluding carboxylic acids is 3. The van der Waals surface area contributed by atoms with Crippen LogP contribution in [0.1, 0.15) is 61.5 Å². The van der Waals surface area contributed by atoms with E-state index in [0.717, 1.165) is 42.7 Å². The Hall–Kier alpha value is -5.13. The van der Waals surface area contributed by atoms with Crippen molar-refractivity contribution in [2.24, 2.45) is 0 Å². The van der Waals surface area contributed by atoms with Gasteiger partial charge in [0.05, 0.1) is 31.1 Å². The third-order valence-corrected chi connectivity index (χ3v) is 8.47. The van der Waals surface area contributed by atoms with E-state index in [9.17, 15) is 14.4 Å². The van der Waals surface area contributed by atoms with E-state index in [-0.39, 0.29) is 44.1 Å². The number of nitrogens with zero attached hydrogens (tertiary/aromatic N) is 4. The molecule has 1 aliphatic rings. The number of nitrogens with one attached hydrogen (secondary N) is 2. The third kappa shape index (κ3) is 8.41. The maximum absolute atomic E-state index is 13.9. The molecule has 0 atom stereocenters. The smallest absolute Gasteiger partial charge is 0.260 e. The summed E-state index contributed by atoms with van der Waals surface area (Å²) in [6.45, 7) is 6.51. The molecule has 3 N–H and O–H groups in total. The van der Waals surface area contributed by atoms with E-state index in [0.29, 0.717) is 22.4 Å². The first-order chi connectivity index (χ1) is 23.2. The first-order valence-corrected chi connectivity index (χ1v) is 16.2. The van der Waals surface area contributed by atoms with Gasteiger partial charge < -0.3 is 25.0 Å². The maximum atomic E-state index is 13.9. The van der Waals surface area contributed by atoms with Crippen LogP contribution in [0.3, 0.4) is 0 Å². The molecule has 1 aromatic heterocycles. The molecule has 0 bridgehead atoms. The molecule has 11 heteroatoms. The van der Waals surface area contributed by atoms with Crippen molar-refractivity contribution in [3.63, 3.8) is 0 Å². The van der Waals surface area contributed by atoms with Crippen molar-refractivity contribution in [3.05, 3.63) is 101 Å². The number of hydrogen-bond donors (Lipinski definition) is 3. The van der Waals surface area contributed by atoms with Gasteiger partial charge in [0.25, 0.3) is 17.7 Å². The topological polar surface area (TPSA) is 137 Å². The van der Waals surface area contributed by atoms with E-state index in [1.165, 1.54) is 28.5 Å². The Bertz CT molecular complexity index is 1750. The molecule has 3 aromatic carbocycles. The van der Waals surface area contributed by atoms with Crippen molar-refractivity contribution >= 4 is 35.0 Å². The predicted molar refractivity (Wildman–Crippen MR) is 187 cm³/mol. The number of carbonyl (C=O) groups is 3. The summed E-state index contributed by atoms with van der Waals surface area (Å²) in [5, 5.41) is 14.4. The van der Waals surface area contributed by atoms with Gasteiger partial charge in [-0.15, -0.1) is 0 Å². The lowest BCUT2D eigenvalue weighted by atomic mass is 10.0. The number of hydrogen-bond acceptors (Lipinski definition) is 8. The molecule has 0 spiro atoms. The van der Waals surface area contributed by atoms with Crippen molar-refractivity contribution in [2.45, 2.75) is 33.1 Å². The first-order valence-electron chi connectivity index (χ1n) is 16.2. The van der Waals surface area contributed by atoms with Gasteiger partial charge in [0.15, 0.2) is 0 Å². The number of benzene rings is 3. The summed E-state index contributed by atoms with van der Waals surface area (Å²) in [5.41, 5.74) is 6.39. The summed E-state index contributed by atoms with van der Waals surface area (Å²) in [6.07, 6.45) is 6.67. The minimum absolute atomic E-state index is 0.0921. The molecule has 250 valence electrons. The molecule has 0 unspecified atom stereocenters. The van der Waals surface area contributed by atoms with Crippen molar-refractivity contribution in [1.29, 1.82) is 0 Å². The fraction of sp³-hybridized carbons (Fsp3) is 0.324. The van der Waals surface area contributed by atoms with Crippen LogP contribution in [-0.4, -0.2) is 79.3 Å². The number of amides is 3. The highest BCUT2D eigenvalue weighted by atomic mass is 16.5. The molecular weight excluding hydrogens is 608 g/mol. The van der Waals surface area contributed by atoms with E-state index in [1.54, 1.807) is 43.7 Å². The van der Waals surface area contributed by atoms with Gasteiger partial charge in [0, 0.05) is 61.5 Å². The minimum Gasteiger partial charge on any atom is -0.394 e. The average molecular weight is 651 g/mol. The lowest BCUT2D eigenvalue weighted by Gasteiger charge is -2.30. The van der Waals surface area contributed by atoms with E-state index in [4.69, 9.17) is 9.84 Å². The minimum atomic E-state index is -0.445. The number of ether oxygens (including phenoxy) is 1. The zero-order valence-electron chi connectivity index (χ0n) is 27.7. The number of aryl methyl sites for hydroxylation is 2. The second-order valence-electron chi connectivity index (χ2n) is 11.8. The Labute approximate surface area is 281 Å². The zero-order valence-corrected chi connectivity index (χ0v) is 27.7. The van der Waals surface area contributed by atoms with Gasteiger partial charge in [-0.1, -0.05) is 24.3 Å². The molecule has 0 aliphatic carbocycles. The molecule has 2 heterocycles. The number of piperidine rings is 1. The molecule has 0 saturated carbocycles. The summed E-state index contributed by atoms with van der Waals surface area (Å²) < 4.78 is 5.19. The van der Waals surface area contributed by atoms with Gasteiger partial charge >= 0.3 is 0 Å². The van der Waals surface area contributed by atoms with Crippen LogP contribution in [0, 0.1) is 13.8 Å². The largest absolute Gasteiger partial charge is 0.394 e. The van der Waals surface area contributed by atoms with Crippen LogP contribution in [0.2, 0.25) is 0 Å². The highest BCUT2D eigenvalue weighted by Gasteiger charge is 2.23. The molecule has 0 radical (unpaired) electrons. The molecular formula is C37H42N6O5. The van der Waals surface area contributed by atoms with E-state index < -0.39 is 5.91 Å². The fourth-order valence-corrected chi connectivity index (χ4v) is 5.58. The third-order valence-electron chi connectivity index (χ3n) is 8.47. The summed E-state index contributed by atoms with van der Waals surface area (Å²) >= 11 is 0. The highest BCUT2D eigenvalue weighted by molar-refractivity contribution is 6.14. The molecule has 3 amide bonds. The van der Waals surface area contributed by atoms with Crippen LogP contribution in [0.25, 0.3) is 11.1 Å². The van der Waals surface area contributed by atoms with Crippen molar-refractivity contribution in [2.75, 3.05) is 61.6 Å². The molecule has 1 saturated heterocycles. The fourth-order valence-electron chi connectivity index (χ4n) is 5.58. The monoisotopic (exact) mass is 650 g/mol. The summed E-state index contributed by atoms with van der Waals surface area (Å²) in [5.74, 6) is -1.03. The second kappa shape index (κ2) is 16.1. The van der Waals surface area contributed by atoms with Crippen LogP contribution in [0.5, 0.6) is 0 Å². The molecule has 11 nitrogen and oxygen atoms in total. The predicted octanol–water partition coefficient (Wildman–Crippen LogP) is 5.02. The molecule has 1 fully saturated rings. The van der Waals surface area contributed by atoms with Gasteiger partial charge in [-0.3, -0.25) is 19.7 Å². The number of aromatic nitrogens is 2.